The van der Waals surface area contributed by atoms with Crippen LogP contribution in [0.2, 0.25) is 0 Å². The lowest BCUT2D eigenvalue weighted by Crippen LogP contribution is -2.40. The van der Waals surface area contributed by atoms with Crippen molar-refractivity contribution in [2.75, 3.05) is 39.3 Å². The molecule has 6 heteroatoms. The van der Waals surface area contributed by atoms with Crippen LogP contribution in [0.3, 0.4) is 0 Å². The summed E-state index contributed by atoms with van der Waals surface area (Å²) in [5, 5.41) is 2.91. The van der Waals surface area contributed by atoms with E-state index in [1.807, 2.05) is 0 Å². The maximum Gasteiger partial charge on any atom is 0.407 e. The highest BCUT2D eigenvalue weighted by molar-refractivity contribution is 5.67. The predicted octanol–water partition coefficient (Wildman–Crippen LogP) is 6.57. The maximum absolute atomic E-state index is 12.5. The Morgan fingerprint density at radius 1 is 1.10 bits per heavy atom. The first kappa shape index (κ1) is 32.9. The van der Waals surface area contributed by atoms with Crippen molar-refractivity contribution in [3.63, 3.8) is 0 Å². The SMILES string of the molecule is C=C1CC[C@H](OC(=O)NCCN(CCN)CCN)C/C1=C/C=C1\CCC[C@]2(C)[C@@H]([C@H](C)CCCC(C)C)CC[C@@H]12. The van der Waals surface area contributed by atoms with Crippen LogP contribution in [0.1, 0.15) is 98.3 Å². The lowest BCUT2D eigenvalue weighted by Gasteiger charge is -2.44. The third kappa shape index (κ3) is 9.19. The number of alkyl carbamates (subject to hydrolysis) is 1. The zero-order chi connectivity index (χ0) is 29.1. The third-order valence-electron chi connectivity index (χ3n) is 10.2. The van der Waals surface area contributed by atoms with E-state index in [1.165, 1.54) is 62.5 Å². The van der Waals surface area contributed by atoms with Crippen LogP contribution in [0, 0.1) is 29.1 Å². The van der Waals surface area contributed by atoms with Gasteiger partial charge < -0.3 is 21.5 Å². The predicted molar refractivity (Wildman–Crippen MR) is 168 cm³/mol. The van der Waals surface area contributed by atoms with Gasteiger partial charge in [-0.1, -0.05) is 76.8 Å². The van der Waals surface area contributed by atoms with Gasteiger partial charge in [-0.05, 0) is 79.6 Å². The molecule has 0 unspecified atom stereocenters. The van der Waals surface area contributed by atoms with Crippen LogP contribution in [0.25, 0.3) is 0 Å². The van der Waals surface area contributed by atoms with E-state index in [0.717, 1.165) is 56.7 Å². The standard InChI is InChI=1S/C34H60N4O2/c1-25(2)8-6-9-27(4)31-15-16-32-28(10-7-17-34(31,32)5)12-13-29-24-30(14-11-26(29)3)40-33(39)37-20-23-38(21-18-35)22-19-36/h12-13,25,27,30-32H,3,6-11,14-24,35-36H2,1-2,4-5H3,(H,37,39)/b28-12+,29-13-/t27-,30+,31-,32+,34-/m1/s1. The molecular weight excluding hydrogens is 496 g/mol. The van der Waals surface area contributed by atoms with E-state index in [9.17, 15) is 4.79 Å². The van der Waals surface area contributed by atoms with E-state index in [-0.39, 0.29) is 12.2 Å². The van der Waals surface area contributed by atoms with E-state index in [2.05, 4.69) is 56.6 Å². The molecule has 3 fully saturated rings. The Morgan fingerprint density at radius 3 is 2.55 bits per heavy atom. The molecule has 0 heterocycles. The first-order valence-electron chi connectivity index (χ1n) is 16.3. The maximum atomic E-state index is 12.5. The lowest BCUT2D eigenvalue weighted by atomic mass is 9.60. The van der Waals surface area contributed by atoms with E-state index in [4.69, 9.17) is 16.2 Å². The van der Waals surface area contributed by atoms with E-state index in [0.29, 0.717) is 31.0 Å². The van der Waals surface area contributed by atoms with Gasteiger partial charge in [-0.2, -0.15) is 0 Å². The summed E-state index contributed by atoms with van der Waals surface area (Å²) in [4.78, 5) is 14.7. The highest BCUT2D eigenvalue weighted by atomic mass is 16.6. The topological polar surface area (TPSA) is 93.6 Å². The molecule has 0 radical (unpaired) electrons. The minimum atomic E-state index is -0.335. The average molecular weight is 557 g/mol. The molecule has 3 aliphatic carbocycles. The smallest absolute Gasteiger partial charge is 0.407 e. The quantitative estimate of drug-likeness (QED) is 0.225. The Kier molecular flexibility index (Phi) is 13.3. The van der Waals surface area contributed by atoms with Gasteiger partial charge in [-0.3, -0.25) is 4.90 Å². The Hall–Kier alpha value is -1.63. The fourth-order valence-electron chi connectivity index (χ4n) is 7.95. The van der Waals surface area contributed by atoms with Gasteiger partial charge in [0.15, 0.2) is 0 Å². The normalized spacial score (nSPS) is 29.8. The third-order valence-corrected chi connectivity index (χ3v) is 10.2. The van der Waals surface area contributed by atoms with Gasteiger partial charge in [0.1, 0.15) is 6.10 Å². The molecule has 228 valence electrons. The summed E-state index contributed by atoms with van der Waals surface area (Å²) in [6.45, 7) is 18.1. The molecule has 40 heavy (non-hydrogen) atoms. The van der Waals surface area contributed by atoms with E-state index in [1.54, 1.807) is 5.57 Å². The molecule has 0 aromatic rings. The van der Waals surface area contributed by atoms with Crippen molar-refractivity contribution in [3.8, 4) is 0 Å². The number of fused-ring (bicyclic) bond motifs is 1. The van der Waals surface area contributed by atoms with Gasteiger partial charge in [0.05, 0.1) is 0 Å². The first-order chi connectivity index (χ1) is 19.2. The molecule has 3 aliphatic rings. The molecule has 0 aliphatic heterocycles. The largest absolute Gasteiger partial charge is 0.446 e. The van der Waals surface area contributed by atoms with Crippen LogP contribution in [-0.2, 0) is 4.74 Å². The van der Waals surface area contributed by atoms with E-state index < -0.39 is 0 Å². The number of amides is 1. The second kappa shape index (κ2) is 16.1. The number of rotatable bonds is 14. The number of nitrogens with zero attached hydrogens (tertiary/aromatic N) is 1. The van der Waals surface area contributed by atoms with Gasteiger partial charge >= 0.3 is 6.09 Å². The molecule has 6 nitrogen and oxygen atoms in total. The Bertz CT molecular complexity index is 875. The number of nitrogens with two attached hydrogens (primary N) is 2. The number of allylic oxidation sites excluding steroid dienone is 4. The minimum Gasteiger partial charge on any atom is -0.446 e. The Morgan fingerprint density at radius 2 is 1.85 bits per heavy atom. The van der Waals surface area contributed by atoms with Crippen molar-refractivity contribution < 1.29 is 9.53 Å². The molecule has 5 atom stereocenters. The minimum absolute atomic E-state index is 0.0986. The van der Waals surface area contributed by atoms with Crippen LogP contribution in [0.15, 0.2) is 35.5 Å². The fourth-order valence-corrected chi connectivity index (χ4v) is 7.95. The Balaban J connectivity index is 1.55. The van der Waals surface area contributed by atoms with Crippen molar-refractivity contribution in [1.82, 2.24) is 10.2 Å². The monoisotopic (exact) mass is 556 g/mol. The van der Waals surface area contributed by atoms with Crippen LogP contribution in [0.4, 0.5) is 4.79 Å². The highest BCUT2D eigenvalue weighted by Gasteiger charge is 2.50. The second-order valence-corrected chi connectivity index (χ2v) is 13.6. The Labute approximate surface area is 245 Å². The number of carbonyl (C=O) groups excluding carboxylic acids is 1. The molecule has 3 rings (SSSR count). The van der Waals surface area contributed by atoms with Gasteiger partial charge in [0.25, 0.3) is 0 Å². The van der Waals surface area contributed by atoms with Crippen LogP contribution < -0.4 is 16.8 Å². The first-order valence-corrected chi connectivity index (χ1v) is 16.3. The zero-order valence-corrected chi connectivity index (χ0v) is 26.2. The van der Waals surface area contributed by atoms with Crippen LogP contribution >= 0.6 is 0 Å². The summed E-state index contributed by atoms with van der Waals surface area (Å²) in [5.41, 5.74) is 15.9. The molecule has 3 saturated carbocycles. The van der Waals surface area contributed by atoms with Crippen LogP contribution in [0.5, 0.6) is 0 Å². The molecule has 0 aromatic carbocycles. The number of hydrogen-bond acceptors (Lipinski definition) is 5. The molecular formula is C34H60N4O2. The zero-order valence-electron chi connectivity index (χ0n) is 26.2. The van der Waals surface area contributed by atoms with Crippen molar-refractivity contribution in [1.29, 1.82) is 0 Å². The molecule has 0 bridgehead atoms. The van der Waals surface area contributed by atoms with Gasteiger partial charge in [-0.25, -0.2) is 4.79 Å². The molecule has 5 N–H and O–H groups in total. The van der Waals surface area contributed by atoms with Crippen molar-refractivity contribution >= 4 is 6.09 Å². The van der Waals surface area contributed by atoms with Crippen molar-refractivity contribution in [2.45, 2.75) is 104 Å². The number of hydrogen-bond donors (Lipinski definition) is 3. The molecule has 1 amide bonds. The fraction of sp³-hybridized carbons (Fsp3) is 0.794. The number of nitrogens with one attached hydrogen (secondary N) is 1. The van der Waals surface area contributed by atoms with Gasteiger partial charge in [-0.15, -0.1) is 0 Å². The van der Waals surface area contributed by atoms with E-state index >= 15 is 0 Å². The average Bonchev–Trinajstić information content (AvgIpc) is 3.26. The molecule has 0 spiro atoms. The molecule has 0 aromatic heterocycles. The summed E-state index contributed by atoms with van der Waals surface area (Å²) >= 11 is 0. The summed E-state index contributed by atoms with van der Waals surface area (Å²) in [6.07, 6.45) is 17.5. The summed E-state index contributed by atoms with van der Waals surface area (Å²) in [6, 6.07) is 0. The van der Waals surface area contributed by atoms with Gasteiger partial charge in [0.2, 0.25) is 0 Å². The highest BCUT2D eigenvalue weighted by Crippen LogP contribution is 2.60. The summed E-state index contributed by atoms with van der Waals surface area (Å²) in [5.74, 6) is 3.19. The van der Waals surface area contributed by atoms with Gasteiger partial charge in [0, 0.05) is 45.7 Å². The number of ether oxygens (including phenoxy) is 1. The second-order valence-electron chi connectivity index (χ2n) is 13.6. The summed E-state index contributed by atoms with van der Waals surface area (Å²) < 4.78 is 5.82. The number of carbonyl (C=O) groups is 1. The van der Waals surface area contributed by atoms with Crippen LogP contribution in [-0.4, -0.2) is 56.4 Å². The molecule has 0 saturated heterocycles. The van der Waals surface area contributed by atoms with Crippen molar-refractivity contribution in [3.05, 3.63) is 35.5 Å². The summed E-state index contributed by atoms with van der Waals surface area (Å²) in [7, 11) is 0. The lowest BCUT2D eigenvalue weighted by molar-refractivity contribution is 0.0885. The van der Waals surface area contributed by atoms with Crippen molar-refractivity contribution in [2.24, 2.45) is 40.6 Å².